The van der Waals surface area contributed by atoms with Gasteiger partial charge >= 0.3 is 5.97 Å². The van der Waals surface area contributed by atoms with Gasteiger partial charge in [0.1, 0.15) is 6.04 Å². The first-order chi connectivity index (χ1) is 11.4. The Morgan fingerprint density at radius 2 is 1.83 bits per heavy atom. The molecule has 0 bridgehead atoms. The molecule has 24 heavy (non-hydrogen) atoms. The van der Waals surface area contributed by atoms with E-state index in [1.54, 1.807) is 12.1 Å². The molecule has 2 aromatic carbocycles. The van der Waals surface area contributed by atoms with E-state index in [0.29, 0.717) is 0 Å². The van der Waals surface area contributed by atoms with E-state index in [4.69, 9.17) is 0 Å². The van der Waals surface area contributed by atoms with Gasteiger partial charge in [0.05, 0.1) is 6.42 Å². The van der Waals surface area contributed by atoms with Crippen molar-refractivity contribution in [3.8, 4) is 0 Å². The van der Waals surface area contributed by atoms with Crippen LogP contribution in [0.15, 0.2) is 42.5 Å². The molecule has 0 fully saturated rings. The number of aliphatic carboxylic acids is 1. The molecule has 0 unspecified atom stereocenters. The number of carboxylic acid groups (broad SMARTS) is 1. The number of rotatable bonds is 6. The third-order valence-corrected chi connectivity index (χ3v) is 3.67. The summed E-state index contributed by atoms with van der Waals surface area (Å²) in [5.74, 6) is -3.77. The SMILES string of the molecule is Cc1ccccc1C[C@H](NC(=O)Cc1ccc(F)c(F)c1)C(=O)O. The van der Waals surface area contributed by atoms with E-state index in [0.717, 1.165) is 23.3 Å². The predicted octanol–water partition coefficient (Wildman–Crippen LogP) is 2.63. The average Bonchev–Trinajstić information content (AvgIpc) is 2.52. The fraction of sp³-hybridized carbons (Fsp3) is 0.222. The summed E-state index contributed by atoms with van der Waals surface area (Å²) in [5.41, 5.74) is 2.02. The van der Waals surface area contributed by atoms with Gasteiger partial charge in [-0.2, -0.15) is 0 Å². The number of carboxylic acids is 1. The normalized spacial score (nSPS) is 11.8. The van der Waals surface area contributed by atoms with Crippen LogP contribution < -0.4 is 5.32 Å². The fourth-order valence-corrected chi connectivity index (χ4v) is 2.34. The summed E-state index contributed by atoms with van der Waals surface area (Å²) in [6.07, 6.45) is -0.0831. The molecule has 4 nitrogen and oxygen atoms in total. The van der Waals surface area contributed by atoms with Crippen molar-refractivity contribution in [3.05, 3.63) is 70.8 Å². The Morgan fingerprint density at radius 1 is 1.12 bits per heavy atom. The van der Waals surface area contributed by atoms with Crippen LogP contribution in [0, 0.1) is 18.6 Å². The zero-order valence-corrected chi connectivity index (χ0v) is 13.1. The maximum Gasteiger partial charge on any atom is 0.326 e. The highest BCUT2D eigenvalue weighted by Crippen LogP contribution is 2.11. The van der Waals surface area contributed by atoms with Gasteiger partial charge in [0.15, 0.2) is 11.6 Å². The highest BCUT2D eigenvalue weighted by atomic mass is 19.2. The summed E-state index contributed by atoms with van der Waals surface area (Å²) >= 11 is 0. The number of halogens is 2. The molecular formula is C18H17F2NO3. The third-order valence-electron chi connectivity index (χ3n) is 3.67. The minimum absolute atomic E-state index is 0.144. The summed E-state index contributed by atoms with van der Waals surface area (Å²) in [5, 5.41) is 11.7. The van der Waals surface area contributed by atoms with Gasteiger partial charge in [-0.05, 0) is 35.7 Å². The number of amides is 1. The number of hydrogen-bond donors (Lipinski definition) is 2. The van der Waals surface area contributed by atoms with E-state index >= 15 is 0 Å². The Labute approximate surface area is 138 Å². The maximum atomic E-state index is 13.2. The van der Waals surface area contributed by atoms with Gasteiger partial charge in [0.25, 0.3) is 0 Å². The van der Waals surface area contributed by atoms with Gasteiger partial charge in [0.2, 0.25) is 5.91 Å². The van der Waals surface area contributed by atoms with Crippen molar-refractivity contribution >= 4 is 11.9 Å². The Morgan fingerprint density at radius 3 is 2.46 bits per heavy atom. The standard InChI is InChI=1S/C18H17F2NO3/c1-11-4-2-3-5-13(11)10-16(18(23)24)21-17(22)9-12-6-7-14(19)15(20)8-12/h2-8,16H,9-10H2,1H3,(H,21,22)(H,23,24)/t16-/m0/s1. The second kappa shape index (κ2) is 7.68. The minimum Gasteiger partial charge on any atom is -0.480 e. The van der Waals surface area contributed by atoms with Crippen molar-refractivity contribution in [2.24, 2.45) is 0 Å². The Kier molecular flexibility index (Phi) is 5.63. The van der Waals surface area contributed by atoms with Crippen LogP contribution in [0.2, 0.25) is 0 Å². The van der Waals surface area contributed by atoms with Gasteiger partial charge in [-0.1, -0.05) is 30.3 Å². The van der Waals surface area contributed by atoms with Crippen LogP contribution in [0.1, 0.15) is 16.7 Å². The molecule has 0 saturated carbocycles. The molecule has 1 amide bonds. The van der Waals surface area contributed by atoms with Crippen molar-refractivity contribution in [2.45, 2.75) is 25.8 Å². The molecular weight excluding hydrogens is 316 g/mol. The zero-order valence-electron chi connectivity index (χ0n) is 13.1. The third kappa shape index (κ3) is 4.62. The molecule has 6 heteroatoms. The highest BCUT2D eigenvalue weighted by Gasteiger charge is 2.21. The second-order valence-electron chi connectivity index (χ2n) is 5.51. The molecule has 1 atom stereocenters. The van der Waals surface area contributed by atoms with Gasteiger partial charge < -0.3 is 10.4 Å². The van der Waals surface area contributed by atoms with Crippen LogP contribution in [-0.2, 0) is 22.4 Å². The van der Waals surface area contributed by atoms with Gasteiger partial charge in [0, 0.05) is 6.42 Å². The fourth-order valence-electron chi connectivity index (χ4n) is 2.34. The average molecular weight is 333 g/mol. The van der Waals surface area contributed by atoms with Crippen molar-refractivity contribution in [3.63, 3.8) is 0 Å². The molecule has 0 spiro atoms. The molecule has 0 aliphatic rings. The predicted molar refractivity (Wildman–Crippen MR) is 84.5 cm³/mol. The summed E-state index contributed by atoms with van der Waals surface area (Å²) in [6, 6.07) is 9.34. The molecule has 2 aromatic rings. The van der Waals surface area contributed by atoms with Crippen molar-refractivity contribution in [1.82, 2.24) is 5.32 Å². The first kappa shape index (κ1) is 17.6. The van der Waals surface area contributed by atoms with E-state index in [1.165, 1.54) is 6.07 Å². The second-order valence-corrected chi connectivity index (χ2v) is 5.51. The molecule has 2 N–H and O–H groups in total. The number of carbonyl (C=O) groups excluding carboxylic acids is 1. The molecule has 0 saturated heterocycles. The van der Waals surface area contributed by atoms with E-state index in [-0.39, 0.29) is 18.4 Å². The summed E-state index contributed by atoms with van der Waals surface area (Å²) < 4.78 is 26.0. The van der Waals surface area contributed by atoms with Crippen LogP contribution in [0.25, 0.3) is 0 Å². The van der Waals surface area contributed by atoms with Crippen molar-refractivity contribution in [2.75, 3.05) is 0 Å². The highest BCUT2D eigenvalue weighted by molar-refractivity contribution is 5.85. The number of carbonyl (C=O) groups is 2. The summed E-state index contributed by atoms with van der Waals surface area (Å²) in [4.78, 5) is 23.4. The Balaban J connectivity index is 2.04. The lowest BCUT2D eigenvalue weighted by molar-refractivity contribution is -0.141. The number of benzene rings is 2. The van der Waals surface area contributed by atoms with Crippen molar-refractivity contribution < 1.29 is 23.5 Å². The molecule has 0 radical (unpaired) electrons. The first-order valence-electron chi connectivity index (χ1n) is 7.37. The molecule has 2 rings (SSSR count). The topological polar surface area (TPSA) is 66.4 Å². The van der Waals surface area contributed by atoms with E-state index in [9.17, 15) is 23.5 Å². The minimum atomic E-state index is -1.16. The zero-order chi connectivity index (χ0) is 17.7. The Hall–Kier alpha value is -2.76. The quantitative estimate of drug-likeness (QED) is 0.854. The molecule has 0 heterocycles. The molecule has 0 aromatic heterocycles. The monoisotopic (exact) mass is 333 g/mol. The summed E-state index contributed by atoms with van der Waals surface area (Å²) in [6.45, 7) is 1.86. The van der Waals surface area contributed by atoms with Crippen LogP contribution in [-0.4, -0.2) is 23.0 Å². The maximum absolute atomic E-state index is 13.2. The van der Waals surface area contributed by atoms with Crippen LogP contribution >= 0.6 is 0 Å². The van der Waals surface area contributed by atoms with E-state index in [2.05, 4.69) is 5.32 Å². The van der Waals surface area contributed by atoms with Gasteiger partial charge in [-0.3, -0.25) is 4.79 Å². The lowest BCUT2D eigenvalue weighted by atomic mass is 10.0. The van der Waals surface area contributed by atoms with Crippen LogP contribution in [0.5, 0.6) is 0 Å². The van der Waals surface area contributed by atoms with E-state index < -0.39 is 29.6 Å². The first-order valence-corrected chi connectivity index (χ1v) is 7.37. The molecule has 126 valence electrons. The summed E-state index contributed by atoms with van der Waals surface area (Å²) in [7, 11) is 0. The van der Waals surface area contributed by atoms with Gasteiger partial charge in [-0.15, -0.1) is 0 Å². The van der Waals surface area contributed by atoms with Gasteiger partial charge in [-0.25, -0.2) is 13.6 Å². The number of nitrogens with one attached hydrogen (secondary N) is 1. The van der Waals surface area contributed by atoms with Crippen LogP contribution in [0.4, 0.5) is 8.78 Å². The molecule has 0 aliphatic heterocycles. The number of hydrogen-bond acceptors (Lipinski definition) is 2. The van der Waals surface area contributed by atoms with Crippen LogP contribution in [0.3, 0.4) is 0 Å². The number of aryl methyl sites for hydroxylation is 1. The van der Waals surface area contributed by atoms with E-state index in [1.807, 2.05) is 19.1 Å². The molecule has 0 aliphatic carbocycles. The lowest BCUT2D eigenvalue weighted by Gasteiger charge is -2.16. The van der Waals surface area contributed by atoms with Crippen molar-refractivity contribution in [1.29, 1.82) is 0 Å². The smallest absolute Gasteiger partial charge is 0.326 e. The Bertz CT molecular complexity index is 762. The largest absolute Gasteiger partial charge is 0.480 e. The lowest BCUT2D eigenvalue weighted by Crippen LogP contribution is -2.43.